The third-order valence-corrected chi connectivity index (χ3v) is 17.2. The van der Waals surface area contributed by atoms with Crippen LogP contribution in [-0.2, 0) is 32.7 Å². The maximum atomic E-state index is 12.9. The number of carbonyl (C=O) groups is 2. The van der Waals surface area contributed by atoms with Crippen LogP contribution in [0.5, 0.6) is 0 Å². The quantitative estimate of drug-likeness (QED) is 0.0195. The number of carbonyl (C=O) groups excluding carboxylic acids is 2. The van der Waals surface area contributed by atoms with Crippen molar-refractivity contribution in [2.45, 2.75) is 315 Å². The summed E-state index contributed by atoms with van der Waals surface area (Å²) in [5.41, 5.74) is 0. The van der Waals surface area contributed by atoms with Crippen molar-refractivity contribution >= 4 is 19.8 Å². The van der Waals surface area contributed by atoms with Gasteiger partial charge < -0.3 is 27.9 Å². The minimum Gasteiger partial charge on any atom is -0.756 e. The second-order valence-corrected chi connectivity index (χ2v) is 28.0. The highest BCUT2D eigenvalue weighted by Gasteiger charge is 2.22. The molecule has 0 aliphatic rings. The summed E-state index contributed by atoms with van der Waals surface area (Å²) in [4.78, 5) is 38.2. The number of allylic oxidation sites excluding steroid dienone is 28. The van der Waals surface area contributed by atoms with Gasteiger partial charge in [0, 0.05) is 12.8 Å². The van der Waals surface area contributed by atoms with Crippen molar-refractivity contribution in [3.63, 3.8) is 0 Å². The third kappa shape index (κ3) is 78.4. The number of nitrogens with zero attached hydrogens (tertiary/aromatic N) is 1. The molecule has 9 nitrogen and oxygen atoms in total. The Labute approximate surface area is 591 Å². The van der Waals surface area contributed by atoms with E-state index in [2.05, 4.69) is 184 Å². The van der Waals surface area contributed by atoms with Crippen molar-refractivity contribution in [3.8, 4) is 0 Å². The molecule has 2 unspecified atom stereocenters. The minimum atomic E-state index is -4.66. The van der Waals surface area contributed by atoms with E-state index in [9.17, 15) is 19.0 Å². The van der Waals surface area contributed by atoms with Crippen LogP contribution in [0.25, 0.3) is 0 Å². The van der Waals surface area contributed by atoms with Crippen LogP contribution in [0.4, 0.5) is 0 Å². The Morgan fingerprint density at radius 2 is 0.562 bits per heavy atom. The van der Waals surface area contributed by atoms with E-state index in [4.69, 9.17) is 18.5 Å². The largest absolute Gasteiger partial charge is 0.756 e. The lowest BCUT2D eigenvalue weighted by Crippen LogP contribution is -2.37. The summed E-state index contributed by atoms with van der Waals surface area (Å²) in [6.07, 6.45) is 113. The smallest absolute Gasteiger partial charge is 0.306 e. The molecular weight excluding hydrogens is 1210 g/mol. The van der Waals surface area contributed by atoms with Crippen molar-refractivity contribution in [1.82, 2.24) is 0 Å². The lowest BCUT2D eigenvalue weighted by atomic mass is 10.0. The highest BCUT2D eigenvalue weighted by atomic mass is 31.2. The molecule has 10 heteroatoms. The number of ether oxygens (including phenoxy) is 2. The summed E-state index contributed by atoms with van der Waals surface area (Å²) in [5.74, 6) is -0.836. The number of hydrogen-bond donors (Lipinski definition) is 0. The number of rotatable bonds is 70. The molecule has 0 spiro atoms. The fourth-order valence-corrected chi connectivity index (χ4v) is 11.1. The molecule has 0 saturated heterocycles. The number of likely N-dealkylation sites (N-methyl/N-ethyl adjacent to an activating group) is 1. The molecule has 0 bridgehead atoms. The van der Waals surface area contributed by atoms with E-state index in [1.54, 1.807) is 0 Å². The second kappa shape index (κ2) is 74.6. The van der Waals surface area contributed by atoms with Gasteiger partial charge in [0.25, 0.3) is 7.82 Å². The Bertz CT molecular complexity index is 2230. The van der Waals surface area contributed by atoms with Gasteiger partial charge in [-0.2, -0.15) is 0 Å². The Morgan fingerprint density at radius 3 is 0.833 bits per heavy atom. The number of hydrogen-bond acceptors (Lipinski definition) is 8. The Balaban J connectivity index is 4.04. The summed E-state index contributed by atoms with van der Waals surface area (Å²) in [7, 11) is 1.15. The first kappa shape index (κ1) is 91.4. The highest BCUT2D eigenvalue weighted by Crippen LogP contribution is 2.38. The molecule has 0 amide bonds. The number of esters is 2. The highest BCUT2D eigenvalue weighted by molar-refractivity contribution is 7.45. The third-order valence-electron chi connectivity index (χ3n) is 16.2. The molecule has 0 aliphatic heterocycles. The zero-order valence-electron chi connectivity index (χ0n) is 62.3. The maximum absolute atomic E-state index is 12.9. The lowest BCUT2D eigenvalue weighted by Gasteiger charge is -2.28. The predicted octanol–water partition coefficient (Wildman–Crippen LogP) is 25.4. The van der Waals surface area contributed by atoms with Gasteiger partial charge >= 0.3 is 11.9 Å². The Kier molecular flexibility index (Phi) is 71.0. The van der Waals surface area contributed by atoms with Crippen LogP contribution >= 0.6 is 7.82 Å². The van der Waals surface area contributed by atoms with E-state index in [-0.39, 0.29) is 32.0 Å². The van der Waals surface area contributed by atoms with Crippen molar-refractivity contribution in [3.05, 3.63) is 170 Å². The van der Waals surface area contributed by atoms with E-state index < -0.39 is 26.5 Å². The van der Waals surface area contributed by atoms with E-state index in [0.29, 0.717) is 17.4 Å². The molecule has 0 heterocycles. The van der Waals surface area contributed by atoms with E-state index >= 15 is 0 Å². The molecule has 546 valence electrons. The fourth-order valence-electron chi connectivity index (χ4n) is 10.4. The Hall–Kier alpha value is -4.63. The average molecular weight is 1350 g/mol. The molecule has 96 heavy (non-hydrogen) atoms. The summed E-state index contributed by atoms with van der Waals surface area (Å²) in [5, 5.41) is 0. The summed E-state index contributed by atoms with van der Waals surface area (Å²) >= 11 is 0. The first-order chi connectivity index (χ1) is 47.0. The molecule has 0 radical (unpaired) electrons. The van der Waals surface area contributed by atoms with Crippen molar-refractivity contribution in [2.24, 2.45) is 0 Å². The first-order valence-corrected chi connectivity index (χ1v) is 40.3. The van der Waals surface area contributed by atoms with Crippen molar-refractivity contribution < 1.29 is 42.1 Å². The predicted molar refractivity (Wildman–Crippen MR) is 415 cm³/mol. The van der Waals surface area contributed by atoms with Crippen LogP contribution < -0.4 is 4.89 Å². The van der Waals surface area contributed by atoms with Gasteiger partial charge in [-0.25, -0.2) is 0 Å². The standard InChI is InChI=1S/C86H144NO8P/c1-6-8-10-12-14-16-18-20-22-24-26-28-30-32-34-36-38-40-41-42-43-44-45-47-49-51-53-55-57-59-61-63-65-67-69-71-73-75-77-79-86(89)95-84(83-94-96(90,91)93-81-80-87(3,4)5)82-92-85(88)78-76-74-72-70-68-66-64-62-60-58-56-54-52-50-48-46-39-37-35-33-31-29-27-25-23-21-19-17-15-13-11-9-7-2/h8-11,14-17,20-23,26-29,32-35,38,40,42-43,45,47,51,53,84H,6-7,12-13,18-19,24-25,30-31,36-37,39,41,44,46,48-50,52,54-83H2,1-5H3/b10-8-,11-9-,16-14-,17-15-,22-20-,23-21-,28-26-,29-27-,34-32-,35-33-,40-38-,43-42-,47-45-,53-51-. The van der Waals surface area contributed by atoms with Gasteiger partial charge in [-0.1, -0.05) is 338 Å². The van der Waals surface area contributed by atoms with Crippen LogP contribution in [0.2, 0.25) is 0 Å². The average Bonchev–Trinajstić information content (AvgIpc) is 1.98. The van der Waals surface area contributed by atoms with Gasteiger partial charge in [-0.05, 0) is 128 Å². The van der Waals surface area contributed by atoms with Gasteiger partial charge in [0.05, 0.1) is 27.7 Å². The van der Waals surface area contributed by atoms with Gasteiger partial charge in [0.2, 0.25) is 0 Å². The molecule has 0 aromatic carbocycles. The van der Waals surface area contributed by atoms with E-state index in [0.717, 1.165) is 135 Å². The molecule has 0 saturated carbocycles. The molecule has 2 atom stereocenters. The van der Waals surface area contributed by atoms with E-state index in [1.165, 1.54) is 141 Å². The van der Waals surface area contributed by atoms with Crippen LogP contribution in [0, 0.1) is 0 Å². The van der Waals surface area contributed by atoms with Crippen molar-refractivity contribution in [1.29, 1.82) is 0 Å². The summed E-state index contributed by atoms with van der Waals surface area (Å²) in [6.45, 7) is 4.02. The minimum absolute atomic E-state index is 0.0376. The summed E-state index contributed by atoms with van der Waals surface area (Å²) < 4.78 is 34.4. The fraction of sp³-hybridized carbons (Fsp3) is 0.651. The molecule has 0 fully saturated rings. The Morgan fingerprint density at radius 1 is 0.323 bits per heavy atom. The number of phosphoric acid groups is 1. The lowest BCUT2D eigenvalue weighted by molar-refractivity contribution is -0.870. The molecule has 0 aromatic rings. The molecule has 0 N–H and O–H groups in total. The second-order valence-electron chi connectivity index (χ2n) is 26.6. The van der Waals surface area contributed by atoms with Crippen LogP contribution in [0.3, 0.4) is 0 Å². The zero-order valence-corrected chi connectivity index (χ0v) is 63.2. The van der Waals surface area contributed by atoms with Crippen LogP contribution in [0.1, 0.15) is 309 Å². The van der Waals surface area contributed by atoms with Gasteiger partial charge in [-0.15, -0.1) is 0 Å². The van der Waals surface area contributed by atoms with E-state index in [1.807, 2.05) is 21.1 Å². The molecule has 0 aromatic heterocycles. The topological polar surface area (TPSA) is 111 Å². The van der Waals surface area contributed by atoms with Crippen LogP contribution in [0.15, 0.2) is 170 Å². The van der Waals surface area contributed by atoms with Crippen LogP contribution in [-0.4, -0.2) is 70.0 Å². The summed E-state index contributed by atoms with van der Waals surface area (Å²) in [6, 6.07) is 0. The molecule has 0 aliphatic carbocycles. The first-order valence-electron chi connectivity index (χ1n) is 38.8. The van der Waals surface area contributed by atoms with Gasteiger partial charge in [0.1, 0.15) is 19.8 Å². The van der Waals surface area contributed by atoms with Crippen molar-refractivity contribution in [2.75, 3.05) is 47.5 Å². The van der Waals surface area contributed by atoms with Gasteiger partial charge in [0.15, 0.2) is 6.10 Å². The molecule has 0 rings (SSSR count). The number of unbranched alkanes of at least 4 members (excludes halogenated alkanes) is 28. The normalized spacial score (nSPS) is 14.0. The monoisotopic (exact) mass is 1350 g/mol. The SMILES string of the molecule is CC/C=C\C/C=C\C/C=C\C/C=C\C/C=C\C/C=C\C/C=C\C/C=C\C/C=C\CCCCCCCCCCCCCC(=O)OC(COC(=O)CCCCCCCCCCCCCCCCCCC/C=C\C/C=C\C/C=C\C/C=C\C/C=C\CC)COP(=O)([O-])OCC[N+](C)(C)C. The molecular formula is C86H144NO8P. The zero-order chi connectivity index (χ0) is 69.7. The number of quaternary nitrogens is 1. The van der Waals surface area contributed by atoms with Gasteiger partial charge in [-0.3, -0.25) is 14.2 Å². The maximum Gasteiger partial charge on any atom is 0.306 e. The number of phosphoric ester groups is 1.